The summed E-state index contributed by atoms with van der Waals surface area (Å²) in [6.07, 6.45) is -0.385. The number of carbonyl (C=O) groups excluding carboxylic acids is 1. The van der Waals surface area contributed by atoms with Crippen LogP contribution in [0.2, 0.25) is 0 Å². The summed E-state index contributed by atoms with van der Waals surface area (Å²) < 4.78 is 4.96. The van der Waals surface area contributed by atoms with Crippen molar-refractivity contribution in [2.45, 2.75) is 26.3 Å². The molecule has 5 N–H and O–H groups in total. The average molecular weight is 457 g/mol. The molecule has 33 heavy (non-hydrogen) atoms. The Morgan fingerprint density at radius 3 is 2.36 bits per heavy atom. The smallest absolute Gasteiger partial charge is 0.409 e. The van der Waals surface area contributed by atoms with E-state index in [2.05, 4.69) is 9.89 Å². The van der Waals surface area contributed by atoms with Gasteiger partial charge in [0, 0.05) is 38.8 Å². The Morgan fingerprint density at radius 1 is 1.09 bits per heavy atom. The average Bonchev–Trinajstić information content (AvgIpc) is 2.79. The van der Waals surface area contributed by atoms with E-state index in [1.165, 1.54) is 6.07 Å². The fourth-order valence-corrected chi connectivity index (χ4v) is 3.71. The van der Waals surface area contributed by atoms with Gasteiger partial charge in [-0.3, -0.25) is 4.90 Å². The third-order valence-corrected chi connectivity index (χ3v) is 5.58. The maximum Gasteiger partial charge on any atom is 0.409 e. The molecule has 0 radical (unpaired) electrons. The van der Waals surface area contributed by atoms with Gasteiger partial charge in [0.05, 0.1) is 17.9 Å². The van der Waals surface area contributed by atoms with Crippen molar-refractivity contribution in [3.05, 3.63) is 53.1 Å². The summed E-state index contributed by atoms with van der Waals surface area (Å²) in [5.74, 6) is 0.163. The molecule has 9 nitrogen and oxygen atoms in total. The first kappa shape index (κ1) is 24.3. The van der Waals surface area contributed by atoms with Gasteiger partial charge in [0.2, 0.25) is 0 Å². The molecule has 1 saturated heterocycles. The Hall–Kier alpha value is -3.30. The zero-order valence-electron chi connectivity index (χ0n) is 19.1. The number of phenols is 2. The number of aliphatic hydroxyl groups is 1. The van der Waals surface area contributed by atoms with Crippen LogP contribution in [0, 0.1) is 0 Å². The molecule has 0 saturated carbocycles. The standard InChI is InChI=1S/C24H32N4O5/c1-16(2)19-13-20(22(31)14-21(19)30)23(25)26-18-5-3-17(4-6-18)15-27-7-9-28(10-8-27)24(32)33-12-11-29/h3-6,13-14,16,29-31H,7-12,15H2,1-2H3,(H2,25,26). The highest BCUT2D eigenvalue weighted by Crippen LogP contribution is 2.32. The predicted octanol–water partition coefficient (Wildman–Crippen LogP) is 2.50. The largest absolute Gasteiger partial charge is 0.508 e. The number of aliphatic imine (C=N–C) groups is 1. The second kappa shape index (κ2) is 11.0. The maximum absolute atomic E-state index is 11.9. The number of amidine groups is 1. The molecular weight excluding hydrogens is 424 g/mol. The van der Waals surface area contributed by atoms with Gasteiger partial charge in [-0.05, 0) is 35.2 Å². The summed E-state index contributed by atoms with van der Waals surface area (Å²) in [7, 11) is 0. The number of nitrogens with two attached hydrogens (primary N) is 1. The first-order valence-corrected chi connectivity index (χ1v) is 11.0. The van der Waals surface area contributed by atoms with E-state index in [0.717, 1.165) is 25.2 Å². The van der Waals surface area contributed by atoms with Gasteiger partial charge in [0.1, 0.15) is 23.9 Å². The number of rotatable bonds is 7. The minimum atomic E-state index is -0.385. The van der Waals surface area contributed by atoms with Crippen LogP contribution in [-0.2, 0) is 11.3 Å². The number of aliphatic hydroxyl groups excluding tert-OH is 1. The van der Waals surface area contributed by atoms with Gasteiger partial charge in [0.15, 0.2) is 0 Å². The van der Waals surface area contributed by atoms with Gasteiger partial charge in [-0.2, -0.15) is 0 Å². The number of hydrogen-bond donors (Lipinski definition) is 4. The van der Waals surface area contributed by atoms with Crippen LogP contribution >= 0.6 is 0 Å². The summed E-state index contributed by atoms with van der Waals surface area (Å²) in [5, 5.41) is 29.0. The lowest BCUT2D eigenvalue weighted by Crippen LogP contribution is -2.48. The van der Waals surface area contributed by atoms with Crippen LogP contribution in [0.15, 0.2) is 41.4 Å². The number of aromatic hydroxyl groups is 2. The second-order valence-corrected chi connectivity index (χ2v) is 8.35. The fourth-order valence-electron chi connectivity index (χ4n) is 3.71. The van der Waals surface area contributed by atoms with Crippen LogP contribution in [0.3, 0.4) is 0 Å². The minimum Gasteiger partial charge on any atom is -0.508 e. The molecular formula is C24H32N4O5. The highest BCUT2D eigenvalue weighted by Gasteiger charge is 2.22. The Balaban J connectivity index is 1.60. The molecule has 0 bridgehead atoms. The van der Waals surface area contributed by atoms with Gasteiger partial charge in [-0.15, -0.1) is 0 Å². The van der Waals surface area contributed by atoms with Crippen molar-refractivity contribution >= 4 is 17.6 Å². The lowest BCUT2D eigenvalue weighted by molar-refractivity contribution is 0.0630. The fraction of sp³-hybridized carbons (Fsp3) is 0.417. The van der Waals surface area contributed by atoms with Gasteiger partial charge in [-0.1, -0.05) is 26.0 Å². The van der Waals surface area contributed by atoms with Crippen LogP contribution in [-0.4, -0.2) is 76.4 Å². The minimum absolute atomic E-state index is 0.0175. The zero-order chi connectivity index (χ0) is 24.0. The molecule has 0 spiro atoms. The van der Waals surface area contributed by atoms with Crippen LogP contribution in [0.1, 0.15) is 36.5 Å². The molecule has 1 fully saturated rings. The van der Waals surface area contributed by atoms with Crippen molar-refractivity contribution in [3.8, 4) is 11.5 Å². The number of ether oxygens (including phenoxy) is 1. The summed E-state index contributed by atoms with van der Waals surface area (Å²) >= 11 is 0. The predicted molar refractivity (Wildman–Crippen MR) is 126 cm³/mol. The normalized spacial score (nSPS) is 15.2. The Labute approximate surface area is 193 Å². The number of amides is 1. The third kappa shape index (κ3) is 6.36. The highest BCUT2D eigenvalue weighted by atomic mass is 16.6. The van der Waals surface area contributed by atoms with E-state index in [-0.39, 0.29) is 42.6 Å². The van der Waals surface area contributed by atoms with E-state index in [1.807, 2.05) is 38.1 Å². The Bertz CT molecular complexity index is 983. The molecule has 178 valence electrons. The van der Waals surface area contributed by atoms with Crippen molar-refractivity contribution in [1.82, 2.24) is 9.80 Å². The maximum atomic E-state index is 11.9. The van der Waals surface area contributed by atoms with Crippen molar-refractivity contribution < 1.29 is 24.9 Å². The zero-order valence-corrected chi connectivity index (χ0v) is 19.1. The number of hydrogen-bond acceptors (Lipinski definition) is 7. The van der Waals surface area contributed by atoms with E-state index < -0.39 is 0 Å². The van der Waals surface area contributed by atoms with E-state index >= 15 is 0 Å². The van der Waals surface area contributed by atoms with Crippen molar-refractivity contribution in [3.63, 3.8) is 0 Å². The van der Waals surface area contributed by atoms with Crippen molar-refractivity contribution in [1.29, 1.82) is 0 Å². The summed E-state index contributed by atoms with van der Waals surface area (Å²) in [4.78, 5) is 20.2. The van der Waals surface area contributed by atoms with E-state index in [4.69, 9.17) is 15.6 Å². The second-order valence-electron chi connectivity index (χ2n) is 8.35. The lowest BCUT2D eigenvalue weighted by atomic mass is 9.98. The van der Waals surface area contributed by atoms with Crippen LogP contribution < -0.4 is 5.73 Å². The number of nitrogens with zero attached hydrogens (tertiary/aromatic N) is 3. The van der Waals surface area contributed by atoms with Gasteiger partial charge >= 0.3 is 6.09 Å². The summed E-state index contributed by atoms with van der Waals surface area (Å²) in [5.41, 5.74) is 8.99. The van der Waals surface area contributed by atoms with Gasteiger partial charge in [-0.25, -0.2) is 9.79 Å². The third-order valence-electron chi connectivity index (χ3n) is 5.58. The molecule has 1 amide bonds. The van der Waals surface area contributed by atoms with Gasteiger partial charge < -0.3 is 30.7 Å². The SMILES string of the molecule is CC(C)c1cc(C(N)=Nc2ccc(CN3CCN(C(=O)OCCO)CC3)cc2)c(O)cc1O. The van der Waals surface area contributed by atoms with Crippen molar-refractivity contribution in [2.24, 2.45) is 10.7 Å². The number of carbonyl (C=O) groups is 1. The van der Waals surface area contributed by atoms with Crippen LogP contribution in [0.25, 0.3) is 0 Å². The van der Waals surface area contributed by atoms with Crippen LogP contribution in [0.5, 0.6) is 11.5 Å². The molecule has 3 rings (SSSR count). The molecule has 0 aromatic heterocycles. The first-order chi connectivity index (χ1) is 15.8. The molecule has 0 atom stereocenters. The van der Waals surface area contributed by atoms with E-state index in [9.17, 15) is 15.0 Å². The number of piperazine rings is 1. The van der Waals surface area contributed by atoms with Crippen LogP contribution in [0.4, 0.5) is 10.5 Å². The molecule has 1 heterocycles. The lowest BCUT2D eigenvalue weighted by Gasteiger charge is -2.34. The topological polar surface area (TPSA) is 132 Å². The molecule has 0 unspecified atom stereocenters. The monoisotopic (exact) mass is 456 g/mol. The molecule has 1 aliphatic heterocycles. The Morgan fingerprint density at radius 2 is 1.76 bits per heavy atom. The first-order valence-electron chi connectivity index (χ1n) is 11.0. The molecule has 1 aliphatic rings. The van der Waals surface area contributed by atoms with E-state index in [0.29, 0.717) is 29.9 Å². The molecule has 2 aromatic rings. The summed E-state index contributed by atoms with van der Waals surface area (Å²) in [6, 6.07) is 10.6. The number of benzene rings is 2. The molecule has 0 aliphatic carbocycles. The van der Waals surface area contributed by atoms with E-state index in [1.54, 1.807) is 11.0 Å². The Kier molecular flexibility index (Phi) is 8.13. The summed E-state index contributed by atoms with van der Waals surface area (Å²) in [6.45, 7) is 7.12. The number of phenolic OH excluding ortho intramolecular Hbond substituents is 2. The molecule has 9 heteroatoms. The molecule has 2 aromatic carbocycles. The highest BCUT2D eigenvalue weighted by molar-refractivity contribution is 6.01. The van der Waals surface area contributed by atoms with Gasteiger partial charge in [0.25, 0.3) is 0 Å². The quantitative estimate of drug-likeness (QED) is 0.372. The van der Waals surface area contributed by atoms with Crippen molar-refractivity contribution in [2.75, 3.05) is 39.4 Å².